The Morgan fingerprint density at radius 1 is 0.861 bits per heavy atom. The van der Waals surface area contributed by atoms with E-state index in [2.05, 4.69) is 109 Å². The Morgan fingerprint density at radius 3 is 1.89 bits per heavy atom. The number of alkyl halides is 1. The molecule has 0 spiro atoms. The molecule has 8 heteroatoms. The second-order valence-corrected chi connectivity index (χ2v) is 23.7. The first-order chi connectivity index (χ1) is 16.4. The van der Waals surface area contributed by atoms with Crippen molar-refractivity contribution in [3.63, 3.8) is 0 Å². The van der Waals surface area contributed by atoms with Crippen LogP contribution in [-0.2, 0) is 24.9 Å². The number of halogens is 1. The molecular weight excluding hydrogens is 599 g/mol. The maximum absolute atomic E-state index is 7.03. The molecule has 0 amide bonds. The van der Waals surface area contributed by atoms with Crippen LogP contribution in [0.2, 0.25) is 36.3 Å². The topological polar surface area (TPSA) is 46.2 Å². The molecule has 0 aromatic heterocycles. The van der Waals surface area contributed by atoms with Gasteiger partial charge >= 0.3 is 0 Å². The lowest BCUT2D eigenvalue weighted by Gasteiger charge is -2.50. The molecule has 1 fully saturated rings. The summed E-state index contributed by atoms with van der Waals surface area (Å²) in [4.78, 5) is 0. The number of ether oxygens (including phenoxy) is 3. The maximum atomic E-state index is 7.03. The summed E-state index contributed by atoms with van der Waals surface area (Å²) in [5.41, 5.74) is 1.13. The minimum atomic E-state index is -2.04. The number of hydrogen-bond donors (Lipinski definition) is 0. The van der Waals surface area contributed by atoms with Gasteiger partial charge in [0.05, 0.1) is 44.7 Å². The van der Waals surface area contributed by atoms with E-state index < -0.39 is 16.6 Å². The van der Waals surface area contributed by atoms with Gasteiger partial charge in [0.25, 0.3) is 0 Å². The normalized spacial score (nSPS) is 26.2. The van der Waals surface area contributed by atoms with Gasteiger partial charge in [-0.2, -0.15) is 0 Å². The fourth-order valence-corrected chi connectivity index (χ4v) is 6.83. The second-order valence-electron chi connectivity index (χ2n) is 13.3. The summed E-state index contributed by atoms with van der Waals surface area (Å²) in [5, 5.41) is 0.265. The Kier molecular flexibility index (Phi) is 11.2. The van der Waals surface area contributed by atoms with Crippen molar-refractivity contribution >= 4 is 39.2 Å². The number of hydrogen-bond acceptors (Lipinski definition) is 5. The van der Waals surface area contributed by atoms with Gasteiger partial charge in [-0.1, -0.05) is 83.2 Å². The van der Waals surface area contributed by atoms with Crippen LogP contribution in [0.15, 0.2) is 24.3 Å². The molecule has 0 N–H and O–H groups in total. The third-order valence-corrected chi connectivity index (χ3v) is 18.4. The minimum absolute atomic E-state index is 0.0287. The van der Waals surface area contributed by atoms with Crippen molar-refractivity contribution in [2.24, 2.45) is 5.92 Å². The quantitative estimate of drug-likeness (QED) is 0.147. The zero-order valence-corrected chi connectivity index (χ0v) is 28.9. The molecule has 1 aromatic rings. The van der Waals surface area contributed by atoms with Gasteiger partial charge in [-0.05, 0) is 54.0 Å². The molecule has 0 aliphatic carbocycles. The highest BCUT2D eigenvalue weighted by atomic mass is 127. The van der Waals surface area contributed by atoms with Crippen LogP contribution < -0.4 is 4.74 Å². The van der Waals surface area contributed by atoms with E-state index in [-0.39, 0.29) is 40.4 Å². The third kappa shape index (κ3) is 8.02. The standard InChI is InChI=1S/C28H51IO5Si2/c1-20-24(19-32-35(9,10)27(2,3)4)33-23(17-29)26(34-36(11,12)28(5,6)7)25(20)31-18-21-13-15-22(30-8)16-14-21/h13-16,20,23-26H,17-19H2,1-12H3/t20-,23+,24-,25+,26+/m0/s1. The summed E-state index contributed by atoms with van der Waals surface area (Å²) in [6.07, 6.45) is -0.258. The van der Waals surface area contributed by atoms with Gasteiger partial charge in [0.1, 0.15) is 5.75 Å². The summed E-state index contributed by atoms with van der Waals surface area (Å²) < 4.78 is 33.3. The summed E-state index contributed by atoms with van der Waals surface area (Å²) in [7, 11) is -2.25. The monoisotopic (exact) mass is 650 g/mol. The Labute approximate surface area is 236 Å². The molecule has 1 aliphatic heterocycles. The Bertz CT molecular complexity index is 817. The van der Waals surface area contributed by atoms with Gasteiger partial charge in [0, 0.05) is 10.3 Å². The van der Waals surface area contributed by atoms with Crippen LogP contribution in [0.25, 0.3) is 0 Å². The molecule has 208 valence electrons. The van der Waals surface area contributed by atoms with Gasteiger partial charge in [0.2, 0.25) is 0 Å². The Balaban J connectivity index is 2.31. The van der Waals surface area contributed by atoms with Crippen LogP contribution >= 0.6 is 22.6 Å². The van der Waals surface area contributed by atoms with E-state index in [1.807, 2.05) is 12.1 Å². The van der Waals surface area contributed by atoms with Crippen LogP contribution in [0.3, 0.4) is 0 Å². The molecule has 36 heavy (non-hydrogen) atoms. The van der Waals surface area contributed by atoms with Crippen molar-refractivity contribution < 1.29 is 23.1 Å². The molecule has 5 atom stereocenters. The van der Waals surface area contributed by atoms with Gasteiger partial charge in [-0.3, -0.25) is 0 Å². The van der Waals surface area contributed by atoms with E-state index in [1.54, 1.807) is 7.11 Å². The molecule has 1 aliphatic rings. The number of rotatable bonds is 10. The van der Waals surface area contributed by atoms with Crippen LogP contribution in [0.4, 0.5) is 0 Å². The lowest BCUT2D eigenvalue weighted by Crippen LogP contribution is -2.61. The van der Waals surface area contributed by atoms with Crippen LogP contribution in [0.5, 0.6) is 5.75 Å². The molecular formula is C28H51IO5Si2. The Morgan fingerprint density at radius 2 is 1.42 bits per heavy atom. The van der Waals surface area contributed by atoms with Crippen molar-refractivity contribution in [3.8, 4) is 5.75 Å². The lowest BCUT2D eigenvalue weighted by molar-refractivity contribution is -0.208. The predicted molar refractivity (Wildman–Crippen MR) is 164 cm³/mol. The summed E-state index contributed by atoms with van der Waals surface area (Å²) >= 11 is 2.44. The SMILES string of the molecule is COc1ccc(CO[C@@H]2[C@@H](C)[C@H](CO[Si](C)(C)C(C)(C)C)O[C@H](CI)[C@H]2O[Si](C)(C)C(C)(C)C)cc1. The van der Waals surface area contributed by atoms with Crippen LogP contribution in [0.1, 0.15) is 54.0 Å². The highest BCUT2D eigenvalue weighted by Gasteiger charge is 2.50. The molecule has 0 saturated carbocycles. The van der Waals surface area contributed by atoms with E-state index in [1.165, 1.54) is 0 Å². The van der Waals surface area contributed by atoms with E-state index in [0.717, 1.165) is 15.7 Å². The fraction of sp³-hybridized carbons (Fsp3) is 0.786. The molecule has 2 rings (SSSR count). The van der Waals surface area contributed by atoms with E-state index >= 15 is 0 Å². The maximum Gasteiger partial charge on any atom is 0.192 e. The third-order valence-electron chi connectivity index (χ3n) is 8.55. The van der Waals surface area contributed by atoms with E-state index in [0.29, 0.717) is 13.2 Å². The van der Waals surface area contributed by atoms with Gasteiger partial charge < -0.3 is 23.1 Å². The first kappa shape index (κ1) is 32.2. The van der Waals surface area contributed by atoms with Crippen LogP contribution in [0, 0.1) is 5.92 Å². The first-order valence-corrected chi connectivity index (χ1v) is 20.6. The van der Waals surface area contributed by atoms with Crippen molar-refractivity contribution in [2.75, 3.05) is 18.1 Å². The molecule has 1 heterocycles. The average Bonchev–Trinajstić information content (AvgIpc) is 2.77. The molecule has 0 unspecified atom stereocenters. The second kappa shape index (κ2) is 12.5. The highest BCUT2D eigenvalue weighted by molar-refractivity contribution is 14.1. The lowest BCUT2D eigenvalue weighted by atomic mass is 9.88. The molecule has 5 nitrogen and oxygen atoms in total. The fourth-order valence-electron chi connectivity index (χ4n) is 3.79. The van der Waals surface area contributed by atoms with E-state index in [9.17, 15) is 0 Å². The summed E-state index contributed by atoms with van der Waals surface area (Å²) in [6.45, 7) is 26.3. The number of methoxy groups -OCH3 is 1. The largest absolute Gasteiger partial charge is 0.497 e. The molecule has 1 aromatic carbocycles. The van der Waals surface area contributed by atoms with Crippen molar-refractivity contribution in [1.29, 1.82) is 0 Å². The Hall–Kier alpha value is 0.0238. The average molecular weight is 651 g/mol. The smallest absolute Gasteiger partial charge is 0.192 e. The minimum Gasteiger partial charge on any atom is -0.497 e. The number of benzene rings is 1. The zero-order valence-electron chi connectivity index (χ0n) is 24.7. The predicted octanol–water partition coefficient (Wildman–Crippen LogP) is 7.83. The van der Waals surface area contributed by atoms with Crippen molar-refractivity contribution in [2.45, 2.75) is 116 Å². The van der Waals surface area contributed by atoms with Gasteiger partial charge in [-0.25, -0.2) is 0 Å². The van der Waals surface area contributed by atoms with Gasteiger partial charge in [-0.15, -0.1) is 0 Å². The molecule has 0 bridgehead atoms. The first-order valence-electron chi connectivity index (χ1n) is 13.2. The van der Waals surface area contributed by atoms with Crippen molar-refractivity contribution in [3.05, 3.63) is 29.8 Å². The van der Waals surface area contributed by atoms with Crippen LogP contribution in [-0.4, -0.2) is 59.2 Å². The summed E-state index contributed by atoms with van der Waals surface area (Å²) in [5.74, 6) is 0.993. The van der Waals surface area contributed by atoms with Gasteiger partial charge in [0.15, 0.2) is 16.6 Å². The van der Waals surface area contributed by atoms with E-state index in [4.69, 9.17) is 23.1 Å². The highest BCUT2D eigenvalue weighted by Crippen LogP contribution is 2.42. The molecule has 0 radical (unpaired) electrons. The molecule has 1 saturated heterocycles. The van der Waals surface area contributed by atoms with Crippen molar-refractivity contribution in [1.82, 2.24) is 0 Å². The summed E-state index contributed by atoms with van der Waals surface area (Å²) in [6, 6.07) is 8.11. The zero-order chi connectivity index (χ0) is 27.5.